The molecule has 0 amide bonds. The molecule has 6 heteroatoms. The molecule has 1 saturated heterocycles. The molecular weight excluding hydrogens is 350 g/mol. The Morgan fingerprint density at radius 3 is 2.64 bits per heavy atom. The first-order valence-electron chi connectivity index (χ1n) is 7.33. The van der Waals surface area contributed by atoms with Gasteiger partial charge in [-0.05, 0) is 44.1 Å². The van der Waals surface area contributed by atoms with Crippen molar-refractivity contribution in [3.8, 4) is 5.75 Å². The van der Waals surface area contributed by atoms with Gasteiger partial charge in [-0.25, -0.2) is 0 Å². The number of ketones is 1. The molecular formula is C16H20BrNO4. The van der Waals surface area contributed by atoms with Gasteiger partial charge in [0.1, 0.15) is 5.75 Å². The average molecular weight is 370 g/mol. The van der Waals surface area contributed by atoms with Crippen LogP contribution in [0.15, 0.2) is 22.7 Å². The second kappa shape index (κ2) is 7.74. The maximum Gasteiger partial charge on any atom is 0.306 e. The fourth-order valence-electron chi connectivity index (χ4n) is 2.70. The SMILES string of the molecule is COc1ccc(Br)cc1C(=O)CCN1CCC(C(=O)O)CC1. The summed E-state index contributed by atoms with van der Waals surface area (Å²) < 4.78 is 6.08. The molecule has 1 fully saturated rings. The van der Waals surface area contributed by atoms with E-state index in [0.29, 0.717) is 37.1 Å². The van der Waals surface area contributed by atoms with Crippen LogP contribution in [-0.4, -0.2) is 48.5 Å². The van der Waals surface area contributed by atoms with Gasteiger partial charge >= 0.3 is 5.97 Å². The zero-order chi connectivity index (χ0) is 16.1. The van der Waals surface area contributed by atoms with E-state index in [1.165, 1.54) is 0 Å². The summed E-state index contributed by atoms with van der Waals surface area (Å²) in [6.07, 6.45) is 1.72. The van der Waals surface area contributed by atoms with Crippen molar-refractivity contribution in [1.82, 2.24) is 4.90 Å². The van der Waals surface area contributed by atoms with Crippen LogP contribution < -0.4 is 4.74 Å². The van der Waals surface area contributed by atoms with Crippen LogP contribution in [0, 0.1) is 5.92 Å². The quantitative estimate of drug-likeness (QED) is 0.780. The van der Waals surface area contributed by atoms with Gasteiger partial charge in [0.25, 0.3) is 0 Å². The van der Waals surface area contributed by atoms with E-state index in [0.717, 1.165) is 17.6 Å². The Balaban J connectivity index is 1.89. The van der Waals surface area contributed by atoms with Crippen LogP contribution in [0.4, 0.5) is 0 Å². The molecule has 1 aromatic rings. The highest BCUT2D eigenvalue weighted by molar-refractivity contribution is 9.10. The number of halogens is 1. The number of carbonyl (C=O) groups is 2. The number of ether oxygens (including phenoxy) is 1. The molecule has 0 spiro atoms. The maximum atomic E-state index is 12.4. The average Bonchev–Trinajstić information content (AvgIpc) is 2.53. The number of rotatable bonds is 6. The lowest BCUT2D eigenvalue weighted by atomic mass is 9.97. The number of hydrogen-bond acceptors (Lipinski definition) is 4. The van der Waals surface area contributed by atoms with Crippen LogP contribution in [0.25, 0.3) is 0 Å². The molecule has 0 aliphatic carbocycles. The Morgan fingerprint density at radius 1 is 1.36 bits per heavy atom. The van der Waals surface area contributed by atoms with Crippen molar-refractivity contribution in [1.29, 1.82) is 0 Å². The third-order valence-corrected chi connectivity index (χ3v) is 4.55. The van der Waals surface area contributed by atoms with Gasteiger partial charge < -0.3 is 14.7 Å². The third kappa shape index (κ3) is 4.30. The van der Waals surface area contributed by atoms with Gasteiger partial charge in [-0.15, -0.1) is 0 Å². The summed E-state index contributed by atoms with van der Waals surface area (Å²) >= 11 is 3.37. The number of nitrogens with zero attached hydrogens (tertiary/aromatic N) is 1. The minimum atomic E-state index is -0.713. The molecule has 1 N–H and O–H groups in total. The van der Waals surface area contributed by atoms with E-state index >= 15 is 0 Å². The number of benzene rings is 1. The van der Waals surface area contributed by atoms with Crippen LogP contribution >= 0.6 is 15.9 Å². The summed E-state index contributed by atoms with van der Waals surface area (Å²) in [5.74, 6) is -0.331. The summed E-state index contributed by atoms with van der Waals surface area (Å²) in [7, 11) is 1.55. The van der Waals surface area contributed by atoms with Crippen molar-refractivity contribution in [3.05, 3.63) is 28.2 Å². The summed E-state index contributed by atoms with van der Waals surface area (Å²) in [5, 5.41) is 8.98. The second-order valence-electron chi connectivity index (χ2n) is 5.47. The molecule has 2 rings (SSSR count). The fraction of sp³-hybridized carbons (Fsp3) is 0.500. The highest BCUT2D eigenvalue weighted by Gasteiger charge is 2.24. The van der Waals surface area contributed by atoms with Crippen molar-refractivity contribution in [2.75, 3.05) is 26.7 Å². The lowest BCUT2D eigenvalue weighted by Gasteiger charge is -2.29. The standard InChI is InChI=1S/C16H20BrNO4/c1-22-15-3-2-12(17)10-13(15)14(19)6-9-18-7-4-11(5-8-18)16(20)21/h2-3,10-11H,4-9H2,1H3,(H,20,21). The van der Waals surface area contributed by atoms with Crippen molar-refractivity contribution in [2.24, 2.45) is 5.92 Å². The highest BCUT2D eigenvalue weighted by atomic mass is 79.9. The minimum Gasteiger partial charge on any atom is -0.496 e. The van der Waals surface area contributed by atoms with E-state index in [-0.39, 0.29) is 11.7 Å². The lowest BCUT2D eigenvalue weighted by Crippen LogP contribution is -2.37. The van der Waals surface area contributed by atoms with Crippen LogP contribution in [0.1, 0.15) is 29.6 Å². The molecule has 0 unspecified atom stereocenters. The van der Waals surface area contributed by atoms with E-state index < -0.39 is 5.97 Å². The molecule has 0 radical (unpaired) electrons. The molecule has 0 aromatic heterocycles. The van der Waals surface area contributed by atoms with Crippen molar-refractivity contribution in [2.45, 2.75) is 19.3 Å². The largest absolute Gasteiger partial charge is 0.496 e. The number of carboxylic acid groups (broad SMARTS) is 1. The number of hydrogen-bond donors (Lipinski definition) is 1. The monoisotopic (exact) mass is 369 g/mol. The van der Waals surface area contributed by atoms with Gasteiger partial charge in [-0.3, -0.25) is 9.59 Å². The maximum absolute atomic E-state index is 12.4. The van der Waals surface area contributed by atoms with E-state index in [2.05, 4.69) is 20.8 Å². The molecule has 1 aromatic carbocycles. The van der Waals surface area contributed by atoms with Crippen LogP contribution in [0.5, 0.6) is 5.75 Å². The Kier molecular flexibility index (Phi) is 5.97. The Labute approximate surface area is 138 Å². The summed E-state index contributed by atoms with van der Waals surface area (Å²) in [6, 6.07) is 5.39. The topological polar surface area (TPSA) is 66.8 Å². The van der Waals surface area contributed by atoms with Crippen LogP contribution in [0.3, 0.4) is 0 Å². The molecule has 5 nitrogen and oxygen atoms in total. The number of carbonyl (C=O) groups excluding carboxylic acids is 1. The number of methoxy groups -OCH3 is 1. The molecule has 0 atom stereocenters. The van der Waals surface area contributed by atoms with Crippen molar-refractivity contribution < 1.29 is 19.4 Å². The number of aliphatic carboxylic acids is 1. The number of likely N-dealkylation sites (tertiary alicyclic amines) is 1. The van der Waals surface area contributed by atoms with E-state index in [9.17, 15) is 9.59 Å². The van der Waals surface area contributed by atoms with Crippen LogP contribution in [-0.2, 0) is 4.79 Å². The summed E-state index contributed by atoms with van der Waals surface area (Å²) in [4.78, 5) is 25.4. The third-order valence-electron chi connectivity index (χ3n) is 4.05. The minimum absolute atomic E-state index is 0.0403. The normalized spacial score (nSPS) is 16.5. The predicted molar refractivity (Wildman–Crippen MR) is 86.4 cm³/mol. The zero-order valence-electron chi connectivity index (χ0n) is 12.5. The number of Topliss-reactive ketones (excluding diaryl/α,β-unsaturated/α-hetero) is 1. The van der Waals surface area contributed by atoms with Gasteiger partial charge in [0.15, 0.2) is 5.78 Å². The lowest BCUT2D eigenvalue weighted by molar-refractivity contribution is -0.143. The van der Waals surface area contributed by atoms with Gasteiger partial charge in [-0.2, -0.15) is 0 Å². The molecule has 0 saturated carbocycles. The molecule has 1 aliphatic rings. The van der Waals surface area contributed by atoms with Crippen molar-refractivity contribution >= 4 is 27.7 Å². The molecule has 1 heterocycles. The first-order chi connectivity index (χ1) is 10.5. The number of carboxylic acids is 1. The smallest absolute Gasteiger partial charge is 0.306 e. The predicted octanol–water partition coefficient (Wildman–Crippen LogP) is 2.83. The van der Waals surface area contributed by atoms with Gasteiger partial charge in [0, 0.05) is 17.4 Å². The zero-order valence-corrected chi connectivity index (χ0v) is 14.1. The van der Waals surface area contributed by atoms with Gasteiger partial charge in [0.05, 0.1) is 18.6 Å². The molecule has 120 valence electrons. The molecule has 0 bridgehead atoms. The van der Waals surface area contributed by atoms with E-state index in [4.69, 9.17) is 9.84 Å². The molecule has 1 aliphatic heterocycles. The fourth-order valence-corrected chi connectivity index (χ4v) is 3.06. The molecule has 22 heavy (non-hydrogen) atoms. The first-order valence-corrected chi connectivity index (χ1v) is 8.12. The highest BCUT2D eigenvalue weighted by Crippen LogP contribution is 2.25. The van der Waals surface area contributed by atoms with E-state index in [1.54, 1.807) is 19.2 Å². The summed E-state index contributed by atoms with van der Waals surface area (Å²) in [5.41, 5.74) is 0.581. The number of piperidine rings is 1. The Morgan fingerprint density at radius 2 is 2.05 bits per heavy atom. The van der Waals surface area contributed by atoms with Gasteiger partial charge in [-0.1, -0.05) is 15.9 Å². The second-order valence-corrected chi connectivity index (χ2v) is 6.39. The summed E-state index contributed by atoms with van der Waals surface area (Å²) in [6.45, 7) is 2.13. The van der Waals surface area contributed by atoms with Crippen LogP contribution in [0.2, 0.25) is 0 Å². The van der Waals surface area contributed by atoms with Crippen molar-refractivity contribution in [3.63, 3.8) is 0 Å². The van der Waals surface area contributed by atoms with E-state index in [1.807, 2.05) is 6.07 Å². The Bertz CT molecular complexity index is 553. The first kappa shape index (κ1) is 17.0. The Hall–Kier alpha value is -1.40. The van der Waals surface area contributed by atoms with Gasteiger partial charge in [0.2, 0.25) is 0 Å².